The van der Waals surface area contributed by atoms with Crippen LogP contribution >= 0.6 is 11.3 Å². The summed E-state index contributed by atoms with van der Waals surface area (Å²) in [6.45, 7) is 1.90. The van der Waals surface area contributed by atoms with Crippen LogP contribution in [0.4, 0.5) is 24.5 Å². The number of alkyl halides is 3. The molecule has 0 aliphatic rings. The second-order valence-electron chi connectivity index (χ2n) is 4.72. The molecule has 0 aliphatic heterocycles. The van der Waals surface area contributed by atoms with E-state index in [1.807, 2.05) is 6.92 Å². The van der Waals surface area contributed by atoms with Gasteiger partial charge in [-0.1, -0.05) is 28.9 Å². The van der Waals surface area contributed by atoms with Crippen LogP contribution in [0.2, 0.25) is 0 Å². The van der Waals surface area contributed by atoms with Gasteiger partial charge in [-0.05, 0) is 30.5 Å². The molecule has 0 bridgehead atoms. The van der Waals surface area contributed by atoms with Crippen molar-refractivity contribution in [3.8, 4) is 10.6 Å². The summed E-state index contributed by atoms with van der Waals surface area (Å²) >= 11 is 1.25. The Morgan fingerprint density at radius 1 is 1.09 bits per heavy atom. The lowest BCUT2D eigenvalue weighted by atomic mass is 10.2. The Hall–Kier alpha value is -2.48. The largest absolute Gasteiger partial charge is 0.454 e. The van der Waals surface area contributed by atoms with Crippen molar-refractivity contribution in [2.75, 3.05) is 0 Å². The number of azo groups is 1. The summed E-state index contributed by atoms with van der Waals surface area (Å²) in [5.74, 6) is -1.25. The average molecular weight is 337 g/mol. The van der Waals surface area contributed by atoms with E-state index >= 15 is 0 Å². The first-order valence-electron chi connectivity index (χ1n) is 6.54. The standard InChI is InChI=1S/C15H10F3N3OS/c1-9-4-6-10(7-5-9)19-20-13-12(11-3-2-8-23-11)21-22-14(13)15(16,17)18/h2-8H,1H3. The van der Waals surface area contributed by atoms with Crippen LogP contribution in [0, 0.1) is 6.92 Å². The topological polar surface area (TPSA) is 50.8 Å². The van der Waals surface area contributed by atoms with Crippen LogP contribution in [-0.2, 0) is 6.18 Å². The summed E-state index contributed by atoms with van der Waals surface area (Å²) in [4.78, 5) is 0.530. The van der Waals surface area contributed by atoms with Crippen LogP contribution < -0.4 is 0 Å². The number of benzene rings is 1. The van der Waals surface area contributed by atoms with Crippen LogP contribution in [0.3, 0.4) is 0 Å². The van der Waals surface area contributed by atoms with Gasteiger partial charge in [0.1, 0.15) is 0 Å². The van der Waals surface area contributed by atoms with Crippen LogP contribution in [0.1, 0.15) is 11.3 Å². The highest BCUT2D eigenvalue weighted by molar-refractivity contribution is 7.13. The Kier molecular flexibility index (Phi) is 3.99. The third-order valence-corrected chi connectivity index (χ3v) is 3.86. The van der Waals surface area contributed by atoms with E-state index < -0.39 is 17.6 Å². The van der Waals surface area contributed by atoms with Gasteiger partial charge in [-0.2, -0.15) is 18.3 Å². The maximum Gasteiger partial charge on any atom is 0.454 e. The van der Waals surface area contributed by atoms with Gasteiger partial charge >= 0.3 is 6.18 Å². The van der Waals surface area contributed by atoms with E-state index in [1.54, 1.807) is 41.8 Å². The van der Waals surface area contributed by atoms with E-state index in [2.05, 4.69) is 19.9 Å². The summed E-state index contributed by atoms with van der Waals surface area (Å²) in [6, 6.07) is 10.3. The molecule has 3 aromatic rings. The molecule has 0 atom stereocenters. The Morgan fingerprint density at radius 2 is 1.83 bits per heavy atom. The molecule has 2 heterocycles. The summed E-state index contributed by atoms with van der Waals surface area (Å²) < 4.78 is 43.6. The third-order valence-electron chi connectivity index (χ3n) is 2.98. The van der Waals surface area contributed by atoms with Crippen LogP contribution in [0.5, 0.6) is 0 Å². The molecular weight excluding hydrogens is 327 g/mol. The molecule has 0 fully saturated rings. The predicted octanol–water partition coefficient (Wildman–Crippen LogP) is 6.15. The Balaban J connectivity index is 2.05. The first-order chi connectivity index (χ1) is 10.9. The number of nitrogens with zero attached hydrogens (tertiary/aromatic N) is 3. The number of halogens is 3. The summed E-state index contributed by atoms with van der Waals surface area (Å²) in [7, 11) is 0. The minimum Gasteiger partial charge on any atom is -0.348 e. The Bertz CT molecular complexity index is 821. The second kappa shape index (κ2) is 5.96. The SMILES string of the molecule is Cc1ccc(N=Nc2c(-c3cccs3)noc2C(F)(F)F)cc1. The molecule has 0 N–H and O–H groups in total. The van der Waals surface area contributed by atoms with E-state index in [0.29, 0.717) is 10.6 Å². The molecular formula is C15H10F3N3OS. The molecule has 1 aromatic carbocycles. The van der Waals surface area contributed by atoms with E-state index in [9.17, 15) is 13.2 Å². The molecule has 0 saturated heterocycles. The number of hydrogen-bond acceptors (Lipinski definition) is 5. The van der Waals surface area contributed by atoms with E-state index in [-0.39, 0.29) is 5.69 Å². The second-order valence-corrected chi connectivity index (χ2v) is 5.67. The quantitative estimate of drug-likeness (QED) is 0.539. The normalized spacial score (nSPS) is 12.2. The Labute approximate surface area is 133 Å². The molecule has 118 valence electrons. The number of hydrogen-bond donors (Lipinski definition) is 0. The van der Waals surface area contributed by atoms with Crippen molar-refractivity contribution in [2.45, 2.75) is 13.1 Å². The predicted molar refractivity (Wildman–Crippen MR) is 80.2 cm³/mol. The van der Waals surface area contributed by atoms with Gasteiger partial charge in [0.05, 0.1) is 10.6 Å². The fraction of sp³-hybridized carbons (Fsp3) is 0.133. The smallest absolute Gasteiger partial charge is 0.348 e. The first kappa shape index (κ1) is 15.4. The summed E-state index contributed by atoms with van der Waals surface area (Å²) in [5, 5.41) is 12.9. The van der Waals surface area contributed by atoms with Gasteiger partial charge in [-0.25, -0.2) is 0 Å². The van der Waals surface area contributed by atoms with Gasteiger partial charge < -0.3 is 4.52 Å². The third kappa shape index (κ3) is 3.31. The molecule has 23 heavy (non-hydrogen) atoms. The molecule has 8 heteroatoms. The van der Waals surface area contributed by atoms with Gasteiger partial charge in [0.25, 0.3) is 5.76 Å². The highest BCUT2D eigenvalue weighted by Gasteiger charge is 2.41. The Morgan fingerprint density at radius 3 is 2.43 bits per heavy atom. The van der Waals surface area contributed by atoms with Gasteiger partial charge in [0.15, 0.2) is 11.4 Å². The van der Waals surface area contributed by atoms with Crippen molar-refractivity contribution in [1.29, 1.82) is 0 Å². The van der Waals surface area contributed by atoms with Crippen molar-refractivity contribution in [1.82, 2.24) is 5.16 Å². The van der Waals surface area contributed by atoms with Gasteiger partial charge in [-0.3, -0.25) is 0 Å². The average Bonchev–Trinajstić information content (AvgIpc) is 3.15. The molecule has 3 rings (SSSR count). The van der Waals surface area contributed by atoms with Crippen LogP contribution in [-0.4, -0.2) is 5.16 Å². The van der Waals surface area contributed by atoms with Crippen molar-refractivity contribution >= 4 is 22.7 Å². The molecule has 0 radical (unpaired) electrons. The van der Waals surface area contributed by atoms with Crippen molar-refractivity contribution < 1.29 is 17.7 Å². The lowest BCUT2D eigenvalue weighted by molar-refractivity contribution is -0.154. The summed E-state index contributed by atoms with van der Waals surface area (Å²) in [5.41, 5.74) is 1.08. The molecule has 4 nitrogen and oxygen atoms in total. The zero-order chi connectivity index (χ0) is 16.4. The lowest BCUT2D eigenvalue weighted by Crippen LogP contribution is -2.03. The number of rotatable bonds is 3. The highest BCUT2D eigenvalue weighted by Crippen LogP contribution is 2.43. The van der Waals surface area contributed by atoms with E-state index in [0.717, 1.165) is 5.56 Å². The number of thiophene rings is 1. The molecule has 0 aliphatic carbocycles. The van der Waals surface area contributed by atoms with Crippen molar-refractivity contribution in [3.05, 3.63) is 53.1 Å². The highest BCUT2D eigenvalue weighted by atomic mass is 32.1. The minimum atomic E-state index is -4.69. The van der Waals surface area contributed by atoms with E-state index in [1.165, 1.54) is 11.3 Å². The fourth-order valence-electron chi connectivity index (χ4n) is 1.86. The van der Waals surface area contributed by atoms with Crippen molar-refractivity contribution in [3.63, 3.8) is 0 Å². The maximum atomic E-state index is 13.1. The van der Waals surface area contributed by atoms with Gasteiger partial charge in [0.2, 0.25) is 0 Å². The van der Waals surface area contributed by atoms with Gasteiger partial charge in [-0.15, -0.1) is 16.5 Å². The fourth-order valence-corrected chi connectivity index (χ4v) is 2.56. The molecule has 0 amide bonds. The van der Waals surface area contributed by atoms with Crippen LogP contribution in [0.25, 0.3) is 10.6 Å². The zero-order valence-electron chi connectivity index (χ0n) is 11.8. The first-order valence-corrected chi connectivity index (χ1v) is 7.42. The lowest BCUT2D eigenvalue weighted by Gasteiger charge is -2.01. The molecule has 2 aromatic heterocycles. The molecule has 0 saturated carbocycles. The van der Waals surface area contributed by atoms with Crippen molar-refractivity contribution in [2.24, 2.45) is 10.2 Å². The van der Waals surface area contributed by atoms with E-state index in [4.69, 9.17) is 0 Å². The molecule has 0 unspecified atom stereocenters. The van der Waals surface area contributed by atoms with Gasteiger partial charge in [0, 0.05) is 0 Å². The monoisotopic (exact) mass is 337 g/mol. The molecule has 0 spiro atoms. The minimum absolute atomic E-state index is 0.0307. The summed E-state index contributed by atoms with van der Waals surface area (Å²) in [6.07, 6.45) is -4.69. The van der Waals surface area contributed by atoms with Crippen LogP contribution in [0.15, 0.2) is 56.5 Å². The maximum absolute atomic E-state index is 13.1. The zero-order valence-corrected chi connectivity index (χ0v) is 12.6. The number of aromatic nitrogens is 1. The number of aryl methyl sites for hydroxylation is 1.